The Morgan fingerprint density at radius 2 is 1.85 bits per heavy atom. The summed E-state index contributed by atoms with van der Waals surface area (Å²) < 4.78 is 40.5. The maximum atomic E-state index is 12.7. The Kier molecular flexibility index (Phi) is 6.50. The lowest BCUT2D eigenvalue weighted by atomic mass is 10.2. The van der Waals surface area contributed by atoms with Crippen molar-refractivity contribution in [2.45, 2.75) is 18.7 Å². The van der Waals surface area contributed by atoms with Crippen LogP contribution in [0.5, 0.6) is 11.6 Å². The fraction of sp³-hybridized carbons (Fsp3) is 0.227. The molecule has 0 radical (unpaired) electrons. The molecule has 0 spiro atoms. The van der Waals surface area contributed by atoms with Gasteiger partial charge in [-0.05, 0) is 55.3 Å². The van der Waals surface area contributed by atoms with Gasteiger partial charge in [0.1, 0.15) is 12.4 Å². The fourth-order valence-corrected chi connectivity index (χ4v) is 4.84. The van der Waals surface area contributed by atoms with Crippen LogP contribution in [0.1, 0.15) is 11.1 Å². The summed E-state index contributed by atoms with van der Waals surface area (Å²) in [5, 5.41) is 13.3. The van der Waals surface area contributed by atoms with E-state index in [-0.39, 0.29) is 18.0 Å². The van der Waals surface area contributed by atoms with Gasteiger partial charge in [0.15, 0.2) is 11.5 Å². The number of aryl methyl sites for hydroxylation is 2. The maximum absolute atomic E-state index is 12.7. The Morgan fingerprint density at radius 1 is 1.06 bits per heavy atom. The van der Waals surface area contributed by atoms with Gasteiger partial charge in [-0.25, -0.2) is 13.1 Å². The summed E-state index contributed by atoms with van der Waals surface area (Å²) in [6, 6.07) is 14.0. The van der Waals surface area contributed by atoms with Crippen LogP contribution in [-0.4, -0.2) is 48.5 Å². The highest BCUT2D eigenvalue weighted by molar-refractivity contribution is 7.89. The molecule has 0 aliphatic heterocycles. The highest BCUT2D eigenvalue weighted by Gasteiger charge is 2.18. The third kappa shape index (κ3) is 4.77. The van der Waals surface area contributed by atoms with Gasteiger partial charge < -0.3 is 9.47 Å². The van der Waals surface area contributed by atoms with Crippen molar-refractivity contribution in [2.24, 2.45) is 0 Å². The number of rotatable bonds is 8. The van der Waals surface area contributed by atoms with E-state index in [0.29, 0.717) is 39.3 Å². The Bertz CT molecular complexity index is 1420. The first kappa shape index (κ1) is 23.0. The average molecular weight is 488 g/mol. The van der Waals surface area contributed by atoms with Gasteiger partial charge in [-0.15, -0.1) is 15.3 Å². The molecule has 2 aromatic heterocycles. The van der Waals surface area contributed by atoms with Crippen molar-refractivity contribution in [2.75, 3.05) is 20.3 Å². The molecular formula is C22H22ClN5O4S. The van der Waals surface area contributed by atoms with Crippen molar-refractivity contribution < 1.29 is 17.9 Å². The quantitative estimate of drug-likeness (QED) is 0.379. The molecule has 2 aromatic carbocycles. The molecular weight excluding hydrogens is 466 g/mol. The Hall–Kier alpha value is -3.21. The van der Waals surface area contributed by atoms with Crippen LogP contribution < -0.4 is 14.2 Å². The van der Waals surface area contributed by atoms with Crippen molar-refractivity contribution in [1.29, 1.82) is 0 Å². The second kappa shape index (κ2) is 9.34. The minimum absolute atomic E-state index is 0.0602. The van der Waals surface area contributed by atoms with Gasteiger partial charge in [0.25, 0.3) is 0 Å². The van der Waals surface area contributed by atoms with Crippen molar-refractivity contribution in [3.63, 3.8) is 0 Å². The highest BCUT2D eigenvalue weighted by atomic mass is 35.5. The average Bonchev–Trinajstić information content (AvgIpc) is 3.22. The summed E-state index contributed by atoms with van der Waals surface area (Å²) in [5.41, 5.74) is 2.54. The molecule has 0 unspecified atom stereocenters. The van der Waals surface area contributed by atoms with E-state index in [4.69, 9.17) is 21.1 Å². The number of para-hydroxylation sites is 1. The summed E-state index contributed by atoms with van der Waals surface area (Å²) in [7, 11) is -2.13. The number of hydrogen-bond acceptors (Lipinski definition) is 7. The SMILES string of the molecule is COc1ccccc1-c1nnc2ccc(OCCNS(=O)(=O)c3cc(C)c(Cl)cc3C)nn12. The smallest absolute Gasteiger partial charge is 0.240 e. The van der Waals surface area contributed by atoms with Crippen molar-refractivity contribution in [3.8, 4) is 23.0 Å². The van der Waals surface area contributed by atoms with E-state index >= 15 is 0 Å². The summed E-state index contributed by atoms with van der Waals surface area (Å²) in [6.45, 7) is 3.60. The van der Waals surface area contributed by atoms with E-state index in [1.54, 1.807) is 49.7 Å². The molecule has 4 rings (SSSR count). The third-order valence-corrected chi connectivity index (χ3v) is 6.99. The van der Waals surface area contributed by atoms with E-state index in [0.717, 1.165) is 5.56 Å². The lowest BCUT2D eigenvalue weighted by Crippen LogP contribution is -2.29. The summed E-state index contributed by atoms with van der Waals surface area (Å²) in [5.74, 6) is 1.44. The zero-order valence-electron chi connectivity index (χ0n) is 18.2. The van der Waals surface area contributed by atoms with Crippen molar-refractivity contribution in [1.82, 2.24) is 24.5 Å². The maximum Gasteiger partial charge on any atom is 0.240 e. The van der Waals surface area contributed by atoms with Crippen LogP contribution in [0, 0.1) is 13.8 Å². The molecule has 172 valence electrons. The largest absolute Gasteiger partial charge is 0.496 e. The number of halogens is 1. The van der Waals surface area contributed by atoms with Gasteiger partial charge in [-0.1, -0.05) is 23.7 Å². The molecule has 0 atom stereocenters. The van der Waals surface area contributed by atoms with E-state index in [9.17, 15) is 8.42 Å². The number of methoxy groups -OCH3 is 1. The minimum Gasteiger partial charge on any atom is -0.496 e. The molecule has 9 nitrogen and oxygen atoms in total. The molecule has 4 aromatic rings. The van der Waals surface area contributed by atoms with Crippen molar-refractivity contribution in [3.05, 3.63) is 64.7 Å². The first-order chi connectivity index (χ1) is 15.8. The van der Waals surface area contributed by atoms with Crippen LogP contribution in [0.2, 0.25) is 5.02 Å². The predicted molar refractivity (Wildman–Crippen MR) is 124 cm³/mol. The molecule has 2 heterocycles. The van der Waals surface area contributed by atoms with Crippen LogP contribution >= 0.6 is 11.6 Å². The number of sulfonamides is 1. The molecule has 33 heavy (non-hydrogen) atoms. The normalized spacial score (nSPS) is 11.6. The van der Waals surface area contributed by atoms with Crippen molar-refractivity contribution >= 4 is 27.3 Å². The molecule has 0 saturated carbocycles. The highest BCUT2D eigenvalue weighted by Crippen LogP contribution is 2.28. The number of nitrogens with zero attached hydrogens (tertiary/aromatic N) is 4. The van der Waals surface area contributed by atoms with E-state index in [1.807, 2.05) is 24.3 Å². The van der Waals surface area contributed by atoms with Gasteiger partial charge in [0, 0.05) is 17.6 Å². The van der Waals surface area contributed by atoms with Crippen LogP contribution in [0.15, 0.2) is 53.4 Å². The van der Waals surface area contributed by atoms with E-state index < -0.39 is 10.0 Å². The van der Waals surface area contributed by atoms with Crippen LogP contribution in [0.3, 0.4) is 0 Å². The lowest BCUT2D eigenvalue weighted by Gasteiger charge is -2.12. The predicted octanol–water partition coefficient (Wildman–Crippen LogP) is 3.43. The molecule has 0 amide bonds. The number of fused-ring (bicyclic) bond motifs is 1. The van der Waals surface area contributed by atoms with Crippen LogP contribution in [0.25, 0.3) is 17.0 Å². The summed E-state index contributed by atoms with van der Waals surface area (Å²) in [4.78, 5) is 0.190. The molecule has 0 saturated heterocycles. The van der Waals surface area contributed by atoms with Gasteiger partial charge in [-0.3, -0.25) is 0 Å². The minimum atomic E-state index is -3.71. The standard InChI is InChI=1S/C22H22ClN5O4S/c1-14-13-19(15(2)12-17(14)23)33(29,30)24-10-11-32-21-9-8-20-25-26-22(28(20)27-21)16-6-4-5-7-18(16)31-3/h4-9,12-13,24H,10-11H2,1-3H3. The number of hydrogen-bond donors (Lipinski definition) is 1. The lowest BCUT2D eigenvalue weighted by molar-refractivity contribution is 0.306. The number of ether oxygens (including phenoxy) is 2. The Morgan fingerprint density at radius 3 is 2.64 bits per heavy atom. The molecule has 0 aliphatic rings. The monoisotopic (exact) mass is 487 g/mol. The number of benzene rings is 2. The molecule has 11 heteroatoms. The summed E-state index contributed by atoms with van der Waals surface area (Å²) >= 11 is 6.07. The molecule has 0 aliphatic carbocycles. The number of aromatic nitrogens is 4. The Labute approximate surface area is 196 Å². The third-order valence-electron chi connectivity index (χ3n) is 4.98. The van der Waals surface area contributed by atoms with E-state index in [2.05, 4.69) is 20.0 Å². The fourth-order valence-electron chi connectivity index (χ4n) is 3.30. The Balaban J connectivity index is 1.47. The first-order valence-electron chi connectivity index (χ1n) is 10.1. The summed E-state index contributed by atoms with van der Waals surface area (Å²) in [6.07, 6.45) is 0. The number of nitrogens with one attached hydrogen (secondary N) is 1. The van der Waals surface area contributed by atoms with Gasteiger partial charge in [0.2, 0.25) is 15.9 Å². The molecule has 1 N–H and O–H groups in total. The van der Waals surface area contributed by atoms with Gasteiger partial charge in [-0.2, -0.15) is 4.52 Å². The van der Waals surface area contributed by atoms with Crippen LogP contribution in [0.4, 0.5) is 0 Å². The molecule has 0 fully saturated rings. The van der Waals surface area contributed by atoms with Gasteiger partial charge in [0.05, 0.1) is 17.6 Å². The van der Waals surface area contributed by atoms with E-state index in [1.165, 1.54) is 0 Å². The zero-order chi connectivity index (χ0) is 23.6. The molecule has 0 bridgehead atoms. The van der Waals surface area contributed by atoms with Gasteiger partial charge >= 0.3 is 0 Å². The second-order valence-electron chi connectivity index (χ2n) is 7.28. The zero-order valence-corrected chi connectivity index (χ0v) is 19.8. The topological polar surface area (TPSA) is 108 Å². The first-order valence-corrected chi connectivity index (χ1v) is 11.9. The second-order valence-corrected chi connectivity index (χ2v) is 9.42. The van der Waals surface area contributed by atoms with Crippen LogP contribution in [-0.2, 0) is 10.0 Å².